The predicted molar refractivity (Wildman–Crippen MR) is 141 cm³/mol. The zero-order valence-corrected chi connectivity index (χ0v) is 25.0. The lowest BCUT2D eigenvalue weighted by Crippen LogP contribution is -2.58. The van der Waals surface area contributed by atoms with E-state index >= 15 is 0 Å². The average molecular weight is 485 g/mol. The lowest BCUT2D eigenvalue weighted by atomic mass is 9.90. The van der Waals surface area contributed by atoms with E-state index in [2.05, 4.69) is 95.2 Å². The maximum atomic E-state index is 11.0. The largest absolute Gasteiger partial charge is 0.467 e. The fraction of sp³-hybridized carbons (Fsp3) is 0.885. The van der Waals surface area contributed by atoms with Crippen LogP contribution in [0.4, 0.5) is 0 Å². The smallest absolute Gasteiger partial charge is 0.293 e. The number of allylic oxidation sites excluding steroid dienone is 1. The Balaban J connectivity index is 3.52. The van der Waals surface area contributed by atoms with E-state index in [0.717, 1.165) is 6.42 Å². The van der Waals surface area contributed by atoms with Crippen LogP contribution in [0.15, 0.2) is 12.2 Å². The molecule has 0 heterocycles. The summed E-state index contributed by atoms with van der Waals surface area (Å²) < 4.78 is 19.9. The molecule has 0 saturated heterocycles. The van der Waals surface area contributed by atoms with Gasteiger partial charge in [-0.1, -0.05) is 95.2 Å². The van der Waals surface area contributed by atoms with Gasteiger partial charge in [0.05, 0.1) is 18.8 Å². The zero-order chi connectivity index (χ0) is 24.9. The zero-order valence-electron chi connectivity index (χ0n) is 23.0. The molecule has 0 fully saturated rings. The number of hydrogen-bond donors (Lipinski definition) is 0. The van der Waals surface area contributed by atoms with Crippen LogP contribution in [0.2, 0.25) is 33.2 Å². The van der Waals surface area contributed by atoms with Crippen molar-refractivity contribution in [1.82, 2.24) is 0 Å². The van der Waals surface area contributed by atoms with E-state index in [1.807, 2.05) is 0 Å². The third-order valence-electron chi connectivity index (χ3n) is 8.03. The van der Waals surface area contributed by atoms with Crippen LogP contribution in [-0.4, -0.2) is 41.9 Å². The van der Waals surface area contributed by atoms with E-state index in [1.165, 1.54) is 0 Å². The molecule has 32 heavy (non-hydrogen) atoms. The molecule has 0 unspecified atom stereocenters. The van der Waals surface area contributed by atoms with E-state index in [-0.39, 0.29) is 18.1 Å². The summed E-state index contributed by atoms with van der Waals surface area (Å²) in [6.07, 6.45) is 5.15. The Morgan fingerprint density at radius 1 is 0.750 bits per heavy atom. The van der Waals surface area contributed by atoms with E-state index in [1.54, 1.807) is 0 Å². The molecular weight excluding hydrogens is 432 g/mol. The second kappa shape index (κ2) is 12.3. The fourth-order valence-corrected chi connectivity index (χ4v) is 17.9. The first-order valence-corrected chi connectivity index (χ1v) is 17.1. The monoisotopic (exact) mass is 484 g/mol. The highest BCUT2D eigenvalue weighted by atomic mass is 28.4. The molecule has 0 saturated carbocycles. The molecule has 0 radical (unpaired) electrons. The Bertz CT molecular complexity index is 555. The minimum atomic E-state index is -2.14. The highest BCUT2D eigenvalue weighted by Crippen LogP contribution is 2.48. The molecule has 1 aliphatic carbocycles. The summed E-state index contributed by atoms with van der Waals surface area (Å²) in [4.78, 5) is 11.0. The Morgan fingerprint density at radius 2 is 1.16 bits per heavy atom. The Morgan fingerprint density at radius 3 is 1.53 bits per heavy atom. The van der Waals surface area contributed by atoms with Gasteiger partial charge in [-0.25, -0.2) is 0 Å². The van der Waals surface area contributed by atoms with Gasteiger partial charge in [0, 0.05) is 5.92 Å². The van der Waals surface area contributed by atoms with Gasteiger partial charge in [-0.2, -0.15) is 0 Å². The SMILES string of the molecule is CC(C)[Si](O[C@@H]1[C@@H](COC=O)CC=C[C@H]1O[Si](C(C)C)(C(C)C)C(C)C)(C(C)C)C(C)C. The van der Waals surface area contributed by atoms with Gasteiger partial charge in [-0.3, -0.25) is 4.79 Å². The standard InChI is InChI=1S/C26H52O4Si2/c1-18(2)31(19(3)4,20(5)6)29-25-15-13-14-24(16-28-17-27)26(25)30-32(21(7)8,22(9)10)23(11)12/h13,15,17-26H,14,16H2,1-12H3/t24-,25-,26-/m1/s1. The van der Waals surface area contributed by atoms with Gasteiger partial charge in [-0.05, 0) is 39.7 Å². The van der Waals surface area contributed by atoms with Gasteiger partial charge in [0.1, 0.15) is 0 Å². The number of carbonyl (C=O) groups excluding carboxylic acids is 1. The average Bonchev–Trinajstić information content (AvgIpc) is 2.67. The number of hydrogen-bond acceptors (Lipinski definition) is 4. The molecule has 0 bridgehead atoms. The Hall–Kier alpha value is -0.436. The second-order valence-electron chi connectivity index (χ2n) is 11.7. The van der Waals surface area contributed by atoms with Crippen LogP contribution in [0, 0.1) is 5.92 Å². The summed E-state index contributed by atoms with van der Waals surface area (Å²) in [6, 6.07) is 0. The van der Waals surface area contributed by atoms with Gasteiger partial charge in [0.2, 0.25) is 16.6 Å². The Kier molecular flexibility index (Phi) is 11.4. The molecule has 0 aliphatic heterocycles. The molecule has 188 valence electrons. The van der Waals surface area contributed by atoms with Crippen molar-refractivity contribution in [3.63, 3.8) is 0 Å². The first kappa shape index (κ1) is 29.6. The molecule has 1 aliphatic rings. The maximum Gasteiger partial charge on any atom is 0.293 e. The molecule has 4 nitrogen and oxygen atoms in total. The summed E-state index contributed by atoms with van der Waals surface area (Å²) in [5.74, 6) is 0.122. The quantitative estimate of drug-likeness (QED) is 0.152. The first-order chi connectivity index (χ1) is 14.8. The van der Waals surface area contributed by atoms with Gasteiger partial charge in [0.15, 0.2) is 0 Å². The molecule has 1 rings (SSSR count). The van der Waals surface area contributed by atoms with Crippen molar-refractivity contribution in [2.24, 2.45) is 5.92 Å². The number of rotatable bonds is 13. The highest BCUT2D eigenvalue weighted by Gasteiger charge is 2.52. The topological polar surface area (TPSA) is 44.8 Å². The summed E-state index contributed by atoms with van der Waals surface area (Å²) in [6.45, 7) is 28.9. The van der Waals surface area contributed by atoms with Crippen molar-refractivity contribution in [2.45, 2.75) is 135 Å². The predicted octanol–water partition coefficient (Wildman–Crippen LogP) is 7.86. The highest BCUT2D eigenvalue weighted by molar-refractivity contribution is 6.78. The molecule has 0 amide bonds. The van der Waals surface area contributed by atoms with Gasteiger partial charge in [-0.15, -0.1) is 0 Å². The van der Waals surface area contributed by atoms with Crippen LogP contribution in [-0.2, 0) is 18.4 Å². The summed E-state index contributed by atoms with van der Waals surface area (Å²) in [5, 5.41) is 0. The van der Waals surface area contributed by atoms with Crippen molar-refractivity contribution >= 4 is 23.1 Å². The lowest BCUT2D eigenvalue weighted by molar-refractivity contribution is -0.131. The molecular formula is C26H52O4Si2. The molecule has 6 heteroatoms. The molecule has 3 atom stereocenters. The summed E-state index contributed by atoms with van der Waals surface area (Å²) >= 11 is 0. The fourth-order valence-electron chi connectivity index (χ4n) is 6.78. The van der Waals surface area contributed by atoms with Crippen LogP contribution in [0.3, 0.4) is 0 Å². The Labute approximate surface area is 201 Å². The normalized spacial score (nSPS) is 22.8. The van der Waals surface area contributed by atoms with Crippen molar-refractivity contribution in [3.8, 4) is 0 Å². The minimum Gasteiger partial charge on any atom is -0.467 e. The van der Waals surface area contributed by atoms with Crippen LogP contribution in [0.25, 0.3) is 0 Å². The molecule has 0 aromatic heterocycles. The first-order valence-electron chi connectivity index (χ1n) is 12.9. The van der Waals surface area contributed by atoms with Crippen LogP contribution >= 0.6 is 0 Å². The van der Waals surface area contributed by atoms with Crippen LogP contribution in [0.1, 0.15) is 89.5 Å². The van der Waals surface area contributed by atoms with Crippen molar-refractivity contribution < 1.29 is 18.4 Å². The molecule has 0 aromatic carbocycles. The maximum absolute atomic E-state index is 11.0. The van der Waals surface area contributed by atoms with Crippen LogP contribution in [0.5, 0.6) is 0 Å². The number of ether oxygens (including phenoxy) is 1. The van der Waals surface area contributed by atoms with E-state index in [4.69, 9.17) is 13.6 Å². The van der Waals surface area contributed by atoms with E-state index < -0.39 is 16.6 Å². The van der Waals surface area contributed by atoms with Crippen molar-refractivity contribution in [1.29, 1.82) is 0 Å². The van der Waals surface area contributed by atoms with Gasteiger partial charge in [0.25, 0.3) is 6.47 Å². The van der Waals surface area contributed by atoms with E-state index in [9.17, 15) is 4.79 Å². The summed E-state index contributed by atoms with van der Waals surface area (Å²) in [5.41, 5.74) is 2.98. The van der Waals surface area contributed by atoms with E-state index in [0.29, 0.717) is 46.3 Å². The third kappa shape index (κ3) is 5.97. The summed E-state index contributed by atoms with van der Waals surface area (Å²) in [7, 11) is -4.24. The third-order valence-corrected chi connectivity index (χ3v) is 20.2. The minimum absolute atomic E-state index is 0.0815. The molecule has 0 N–H and O–H groups in total. The molecule has 0 aromatic rings. The number of carbonyl (C=O) groups is 1. The van der Waals surface area contributed by atoms with Crippen molar-refractivity contribution in [2.75, 3.05) is 6.61 Å². The second-order valence-corrected chi connectivity index (χ2v) is 22.5. The van der Waals surface area contributed by atoms with Crippen LogP contribution < -0.4 is 0 Å². The van der Waals surface area contributed by atoms with Gasteiger partial charge < -0.3 is 13.6 Å². The lowest BCUT2D eigenvalue weighted by Gasteiger charge is -2.51. The van der Waals surface area contributed by atoms with Gasteiger partial charge >= 0.3 is 0 Å². The van der Waals surface area contributed by atoms with Crippen molar-refractivity contribution in [3.05, 3.63) is 12.2 Å². The molecule has 0 spiro atoms.